The van der Waals surface area contributed by atoms with E-state index in [0.717, 1.165) is 23.4 Å². The molecule has 28 heavy (non-hydrogen) atoms. The lowest BCUT2D eigenvalue weighted by Crippen LogP contribution is -2.09. The van der Waals surface area contributed by atoms with E-state index in [2.05, 4.69) is 25.8 Å². The number of benzene rings is 2. The van der Waals surface area contributed by atoms with Gasteiger partial charge in [-0.05, 0) is 36.2 Å². The molecule has 1 heterocycles. The largest absolute Gasteiger partial charge is 0.496 e. The molecule has 0 saturated heterocycles. The zero-order valence-corrected chi connectivity index (χ0v) is 15.0. The van der Waals surface area contributed by atoms with Crippen LogP contribution in [0.15, 0.2) is 54.7 Å². The van der Waals surface area contributed by atoms with Crippen molar-refractivity contribution in [3.8, 4) is 5.75 Å². The van der Waals surface area contributed by atoms with Crippen LogP contribution in [0, 0.1) is 0 Å². The van der Waals surface area contributed by atoms with Crippen molar-refractivity contribution in [1.82, 2.24) is 15.2 Å². The number of nitrogens with one attached hydrogen (secondary N) is 2. The van der Waals surface area contributed by atoms with Gasteiger partial charge in [0.25, 0.3) is 0 Å². The second-order valence-electron chi connectivity index (χ2n) is 5.86. The molecule has 3 rings (SSSR count). The molecular weight excluding hydrogens is 371 g/mol. The third-order valence-corrected chi connectivity index (χ3v) is 3.90. The lowest BCUT2D eigenvalue weighted by molar-refractivity contribution is -0.137. The van der Waals surface area contributed by atoms with Crippen LogP contribution >= 0.6 is 0 Å². The van der Waals surface area contributed by atoms with Crippen LogP contribution < -0.4 is 15.4 Å². The van der Waals surface area contributed by atoms with E-state index in [1.54, 1.807) is 7.11 Å². The van der Waals surface area contributed by atoms with Crippen LogP contribution in [-0.2, 0) is 12.6 Å². The van der Waals surface area contributed by atoms with Crippen LogP contribution in [0.2, 0.25) is 0 Å². The Kier molecular flexibility index (Phi) is 5.93. The maximum Gasteiger partial charge on any atom is 0.416 e. The Morgan fingerprint density at radius 1 is 1.07 bits per heavy atom. The normalized spacial score (nSPS) is 11.1. The fourth-order valence-corrected chi connectivity index (χ4v) is 2.58. The molecule has 2 N–H and O–H groups in total. The van der Waals surface area contributed by atoms with Gasteiger partial charge >= 0.3 is 6.18 Å². The first-order chi connectivity index (χ1) is 13.5. The molecule has 0 amide bonds. The maximum absolute atomic E-state index is 12.8. The highest BCUT2D eigenvalue weighted by atomic mass is 19.4. The van der Waals surface area contributed by atoms with Crippen LogP contribution in [0.5, 0.6) is 5.75 Å². The highest BCUT2D eigenvalue weighted by Gasteiger charge is 2.30. The number of halogens is 3. The Hall–Kier alpha value is -3.36. The summed E-state index contributed by atoms with van der Waals surface area (Å²) in [5.41, 5.74) is 0.515. The summed E-state index contributed by atoms with van der Waals surface area (Å²) >= 11 is 0. The Morgan fingerprint density at radius 2 is 1.89 bits per heavy atom. The Balaban J connectivity index is 1.63. The lowest BCUT2D eigenvalue weighted by Gasteiger charge is -2.11. The predicted molar refractivity (Wildman–Crippen MR) is 99.7 cm³/mol. The fraction of sp³-hybridized carbons (Fsp3) is 0.211. The van der Waals surface area contributed by atoms with E-state index in [1.807, 2.05) is 24.3 Å². The molecule has 9 heteroatoms. The molecular formula is C19H18F3N5O. The van der Waals surface area contributed by atoms with Gasteiger partial charge in [-0.15, -0.1) is 5.10 Å². The van der Waals surface area contributed by atoms with Crippen molar-refractivity contribution in [2.24, 2.45) is 0 Å². The van der Waals surface area contributed by atoms with Gasteiger partial charge in [0.2, 0.25) is 5.95 Å². The van der Waals surface area contributed by atoms with Crippen molar-refractivity contribution in [2.45, 2.75) is 12.6 Å². The number of aromatic nitrogens is 3. The summed E-state index contributed by atoms with van der Waals surface area (Å²) in [7, 11) is 1.62. The highest BCUT2D eigenvalue weighted by molar-refractivity contribution is 5.55. The Bertz CT molecular complexity index is 933. The number of hydrogen-bond donors (Lipinski definition) is 2. The molecule has 0 aliphatic heterocycles. The van der Waals surface area contributed by atoms with Crippen molar-refractivity contribution in [2.75, 3.05) is 24.3 Å². The minimum atomic E-state index is -4.42. The predicted octanol–water partition coefficient (Wildman–Crippen LogP) is 4.30. The summed E-state index contributed by atoms with van der Waals surface area (Å²) in [6.45, 7) is 0.571. The number of ether oxygens (including phenoxy) is 1. The first-order valence-corrected chi connectivity index (χ1v) is 8.45. The molecule has 0 aliphatic carbocycles. The van der Waals surface area contributed by atoms with Crippen LogP contribution in [0.25, 0.3) is 0 Å². The Morgan fingerprint density at radius 3 is 2.68 bits per heavy atom. The van der Waals surface area contributed by atoms with Crippen molar-refractivity contribution < 1.29 is 17.9 Å². The first-order valence-electron chi connectivity index (χ1n) is 8.45. The van der Waals surface area contributed by atoms with Crippen LogP contribution in [0.3, 0.4) is 0 Å². The monoisotopic (exact) mass is 389 g/mol. The topological polar surface area (TPSA) is 72.0 Å². The van der Waals surface area contributed by atoms with Crippen LogP contribution in [-0.4, -0.2) is 28.8 Å². The van der Waals surface area contributed by atoms with E-state index in [4.69, 9.17) is 4.74 Å². The van der Waals surface area contributed by atoms with Crippen molar-refractivity contribution >= 4 is 17.5 Å². The zero-order chi connectivity index (χ0) is 20.0. The molecule has 3 aromatic rings. The van der Waals surface area contributed by atoms with Crippen molar-refractivity contribution in [1.29, 1.82) is 0 Å². The number of rotatable bonds is 7. The smallest absolute Gasteiger partial charge is 0.416 e. The number of hydrogen-bond acceptors (Lipinski definition) is 6. The summed E-state index contributed by atoms with van der Waals surface area (Å²) in [6, 6.07) is 12.5. The van der Waals surface area contributed by atoms with Crippen LogP contribution in [0.1, 0.15) is 11.1 Å². The van der Waals surface area contributed by atoms with E-state index < -0.39 is 11.7 Å². The minimum absolute atomic E-state index is 0.0987. The van der Waals surface area contributed by atoms with Gasteiger partial charge in [0.15, 0.2) is 5.82 Å². The molecule has 146 valence electrons. The molecule has 0 unspecified atom stereocenters. The molecule has 1 aromatic heterocycles. The van der Waals surface area contributed by atoms with Gasteiger partial charge < -0.3 is 15.4 Å². The fourth-order valence-electron chi connectivity index (χ4n) is 2.58. The quantitative estimate of drug-likeness (QED) is 0.628. The summed E-state index contributed by atoms with van der Waals surface area (Å²) in [5.74, 6) is 1.36. The average Bonchev–Trinajstić information content (AvgIpc) is 2.68. The summed E-state index contributed by atoms with van der Waals surface area (Å²) in [5, 5.41) is 13.5. The highest BCUT2D eigenvalue weighted by Crippen LogP contribution is 2.31. The average molecular weight is 389 g/mol. The van der Waals surface area contributed by atoms with Gasteiger partial charge in [-0.25, -0.2) is 0 Å². The molecule has 0 atom stereocenters. The number of nitrogens with zero attached hydrogens (tertiary/aromatic N) is 3. The van der Waals surface area contributed by atoms with Gasteiger partial charge in [0.1, 0.15) is 5.75 Å². The van der Waals surface area contributed by atoms with E-state index in [-0.39, 0.29) is 11.6 Å². The SMILES string of the molecule is COc1ccccc1CCNc1cnnc(Nc2cccc(C(F)(F)F)c2)n1. The molecule has 6 nitrogen and oxygen atoms in total. The third-order valence-electron chi connectivity index (χ3n) is 3.90. The molecule has 0 spiro atoms. The summed E-state index contributed by atoms with van der Waals surface area (Å²) in [4.78, 5) is 4.23. The van der Waals surface area contributed by atoms with Gasteiger partial charge in [0.05, 0.1) is 18.9 Å². The molecule has 0 bridgehead atoms. The molecule has 0 fully saturated rings. The van der Waals surface area contributed by atoms with Crippen molar-refractivity contribution in [3.05, 3.63) is 65.9 Å². The van der Waals surface area contributed by atoms with Gasteiger partial charge in [-0.2, -0.15) is 23.3 Å². The maximum atomic E-state index is 12.8. The molecule has 2 aromatic carbocycles. The standard InChI is InChI=1S/C19H18F3N5O/c1-28-16-8-3-2-5-13(16)9-10-23-17-12-24-27-18(26-17)25-15-7-4-6-14(11-15)19(20,21)22/h2-8,11-12H,9-10H2,1H3,(H2,23,25,26,27). The number of anilines is 3. The number of para-hydroxylation sites is 1. The summed E-state index contributed by atoms with van der Waals surface area (Å²) in [6.07, 6.45) is -2.28. The molecule has 0 radical (unpaired) electrons. The Labute approximate surface area is 159 Å². The van der Waals surface area contributed by atoms with Crippen LogP contribution in [0.4, 0.5) is 30.6 Å². The van der Waals surface area contributed by atoms with E-state index in [1.165, 1.54) is 18.3 Å². The van der Waals surface area contributed by atoms with Gasteiger partial charge in [-0.3, -0.25) is 0 Å². The second-order valence-corrected chi connectivity index (χ2v) is 5.86. The third kappa shape index (κ3) is 5.09. The zero-order valence-electron chi connectivity index (χ0n) is 15.0. The lowest BCUT2D eigenvalue weighted by atomic mass is 10.1. The first kappa shape index (κ1) is 19.4. The van der Waals surface area contributed by atoms with E-state index >= 15 is 0 Å². The van der Waals surface area contributed by atoms with Gasteiger partial charge in [-0.1, -0.05) is 24.3 Å². The molecule has 0 saturated carbocycles. The molecule has 0 aliphatic rings. The van der Waals surface area contributed by atoms with E-state index in [9.17, 15) is 13.2 Å². The number of methoxy groups -OCH3 is 1. The van der Waals surface area contributed by atoms with Crippen molar-refractivity contribution in [3.63, 3.8) is 0 Å². The number of alkyl halides is 3. The van der Waals surface area contributed by atoms with E-state index in [0.29, 0.717) is 18.8 Å². The second kappa shape index (κ2) is 8.55. The summed E-state index contributed by atoms with van der Waals surface area (Å²) < 4.78 is 43.8. The van der Waals surface area contributed by atoms with Gasteiger partial charge in [0, 0.05) is 12.2 Å². The minimum Gasteiger partial charge on any atom is -0.496 e.